The van der Waals surface area contributed by atoms with Gasteiger partial charge < -0.3 is 15.5 Å². The number of likely N-dealkylation sites (tertiary alicyclic amines) is 1. The van der Waals surface area contributed by atoms with Crippen molar-refractivity contribution >= 4 is 23.1 Å². The van der Waals surface area contributed by atoms with Crippen molar-refractivity contribution in [3.63, 3.8) is 0 Å². The number of carbonyl (C=O) groups excluding carboxylic acids is 1. The van der Waals surface area contributed by atoms with E-state index in [1.165, 1.54) is 25.4 Å². The molecule has 3 heterocycles. The fourth-order valence-corrected chi connectivity index (χ4v) is 3.85. The zero-order chi connectivity index (χ0) is 29.0. The summed E-state index contributed by atoms with van der Waals surface area (Å²) in [5.41, 5.74) is -2.52. The smallest absolute Gasteiger partial charge is 0.382 e. The fourth-order valence-electron chi connectivity index (χ4n) is 3.85. The van der Waals surface area contributed by atoms with E-state index in [0.717, 1.165) is 0 Å². The minimum absolute atomic E-state index is 0.260. The third-order valence-corrected chi connectivity index (χ3v) is 5.63. The van der Waals surface area contributed by atoms with Gasteiger partial charge in [0, 0.05) is 44.0 Å². The summed E-state index contributed by atoms with van der Waals surface area (Å²) in [5, 5.41) is 12.9. The summed E-state index contributed by atoms with van der Waals surface area (Å²) in [4.78, 5) is 28.8. The predicted molar refractivity (Wildman–Crippen MR) is 122 cm³/mol. The number of nitrogens with zero attached hydrogens (tertiary/aromatic N) is 5. The first-order valence-corrected chi connectivity index (χ1v) is 11.3. The van der Waals surface area contributed by atoms with Crippen LogP contribution in [-0.2, 0) is 11.0 Å². The van der Waals surface area contributed by atoms with E-state index >= 15 is 0 Å². The molecule has 1 aliphatic rings. The van der Waals surface area contributed by atoms with Gasteiger partial charge in [0.2, 0.25) is 5.95 Å². The van der Waals surface area contributed by atoms with E-state index < -0.39 is 72.5 Å². The number of carbonyl (C=O) groups is 1. The second kappa shape index (κ2) is 11.4. The topological polar surface area (TPSA) is 120 Å². The second-order valence-corrected chi connectivity index (χ2v) is 8.71. The molecule has 39 heavy (non-hydrogen) atoms. The highest BCUT2D eigenvalue weighted by Gasteiger charge is 2.47. The Hall–Kier alpha value is -3.92. The first-order chi connectivity index (χ1) is 18.1. The van der Waals surface area contributed by atoms with Crippen molar-refractivity contribution < 1.29 is 39.9 Å². The zero-order valence-corrected chi connectivity index (χ0v) is 20.1. The summed E-state index contributed by atoms with van der Waals surface area (Å²) >= 11 is 0. The van der Waals surface area contributed by atoms with Crippen molar-refractivity contribution in [1.82, 2.24) is 30.2 Å². The Bertz CT molecular complexity index is 1190. The predicted octanol–water partition coefficient (Wildman–Crippen LogP) is 3.78. The highest BCUT2D eigenvalue weighted by atomic mass is 19.4. The molecule has 2 atom stereocenters. The molecule has 0 spiro atoms. The summed E-state index contributed by atoms with van der Waals surface area (Å²) in [7, 11) is 0. The van der Waals surface area contributed by atoms with E-state index in [2.05, 4.69) is 25.3 Å². The molecule has 1 aliphatic heterocycles. The van der Waals surface area contributed by atoms with E-state index in [4.69, 9.17) is 5.41 Å². The average Bonchev–Trinajstić information content (AvgIpc) is 2.84. The minimum atomic E-state index is -4.67. The quantitative estimate of drug-likeness (QED) is 0.329. The van der Waals surface area contributed by atoms with Gasteiger partial charge in [-0.05, 0) is 12.0 Å². The molecule has 0 bridgehead atoms. The van der Waals surface area contributed by atoms with Crippen molar-refractivity contribution in [3.05, 3.63) is 48.4 Å². The number of alkyl halides is 8. The molecule has 1 amide bonds. The van der Waals surface area contributed by atoms with Crippen LogP contribution >= 0.6 is 0 Å². The van der Waals surface area contributed by atoms with Crippen LogP contribution in [0.4, 0.5) is 41.1 Å². The lowest BCUT2D eigenvalue weighted by Gasteiger charge is -2.43. The van der Waals surface area contributed by atoms with Crippen LogP contribution in [0.2, 0.25) is 0 Å². The summed E-state index contributed by atoms with van der Waals surface area (Å²) in [5.74, 6) is -6.01. The summed E-state index contributed by atoms with van der Waals surface area (Å²) < 4.78 is 105. The maximum atomic E-state index is 14.5. The van der Waals surface area contributed by atoms with Gasteiger partial charge in [0.15, 0.2) is 5.82 Å². The van der Waals surface area contributed by atoms with Crippen LogP contribution in [0, 0.1) is 11.3 Å². The summed E-state index contributed by atoms with van der Waals surface area (Å²) in [6.45, 7) is -1.48. The highest BCUT2D eigenvalue weighted by Crippen LogP contribution is 2.35. The second-order valence-electron chi connectivity index (χ2n) is 8.71. The monoisotopic (exact) mass is 566 g/mol. The largest absolute Gasteiger partial charge is 0.419 e. The van der Waals surface area contributed by atoms with Gasteiger partial charge in [-0.3, -0.25) is 10.2 Å². The molecule has 2 aromatic heterocycles. The number of hydrogen-bond acceptors (Lipinski definition) is 8. The van der Waals surface area contributed by atoms with Crippen molar-refractivity contribution in [1.29, 1.82) is 5.41 Å². The fraction of sp³-hybridized carbons (Fsp3) is 0.455. The number of anilines is 1. The number of halogens is 8. The van der Waals surface area contributed by atoms with E-state index in [1.807, 2.05) is 5.32 Å². The molecule has 1 saturated heterocycles. The van der Waals surface area contributed by atoms with E-state index in [-0.39, 0.29) is 18.3 Å². The van der Waals surface area contributed by atoms with Crippen molar-refractivity contribution in [2.75, 3.05) is 25.0 Å². The molecule has 1 unspecified atom stereocenters. The van der Waals surface area contributed by atoms with Gasteiger partial charge in [-0.2, -0.15) is 26.3 Å². The number of rotatable bonds is 8. The SMILES string of the molecule is C[C@@H]1CC(F)(F)CN(C(=O)C(=N)/C(=C\NCC(F)(F)F)c2ncccn2)C1CNc1ncc(C(F)(F)F)cn1. The molecule has 0 aliphatic carbocycles. The van der Waals surface area contributed by atoms with Crippen LogP contribution in [0.5, 0.6) is 0 Å². The standard InChI is InChI=1S/C22H22F8N8O/c1-12-5-20(23,24)11-38(15(12)9-37-19-35-6-13(7-36-19)22(28,29)30)18(39)16(31)14(8-32-10-21(25,26)27)17-33-3-2-4-34-17/h2-4,6-8,12,15,31-32H,5,9-11H2,1H3,(H,35,36,37)/b14-8+,31-16?/t12-,15?/m1/s1. The van der Waals surface area contributed by atoms with Gasteiger partial charge in [0.05, 0.1) is 23.7 Å². The van der Waals surface area contributed by atoms with Crippen LogP contribution in [0.1, 0.15) is 24.7 Å². The first-order valence-electron chi connectivity index (χ1n) is 11.3. The highest BCUT2D eigenvalue weighted by molar-refractivity contribution is 6.54. The number of aromatic nitrogens is 4. The third kappa shape index (κ3) is 8.03. The van der Waals surface area contributed by atoms with Gasteiger partial charge in [-0.1, -0.05) is 6.92 Å². The Morgan fingerprint density at radius 3 is 2.31 bits per heavy atom. The zero-order valence-electron chi connectivity index (χ0n) is 20.1. The van der Waals surface area contributed by atoms with E-state index in [9.17, 15) is 39.9 Å². The Labute approximate surface area is 216 Å². The van der Waals surface area contributed by atoms with Crippen LogP contribution in [0.15, 0.2) is 37.1 Å². The molecule has 3 N–H and O–H groups in total. The Morgan fingerprint density at radius 2 is 1.74 bits per heavy atom. The molecular weight excluding hydrogens is 544 g/mol. The number of hydrogen-bond donors (Lipinski definition) is 3. The molecule has 17 heteroatoms. The van der Waals surface area contributed by atoms with Gasteiger partial charge in [0.1, 0.15) is 12.3 Å². The van der Waals surface area contributed by atoms with Crippen LogP contribution in [0.25, 0.3) is 5.57 Å². The normalized spacial score (nSPS) is 19.9. The van der Waals surface area contributed by atoms with Crippen molar-refractivity contribution in [3.8, 4) is 0 Å². The van der Waals surface area contributed by atoms with Gasteiger partial charge in [0.25, 0.3) is 11.8 Å². The van der Waals surface area contributed by atoms with Crippen molar-refractivity contribution in [2.45, 2.75) is 37.7 Å². The molecule has 3 rings (SSSR count). The molecular formula is C22H22F8N8O. The first kappa shape index (κ1) is 29.6. The summed E-state index contributed by atoms with van der Waals surface area (Å²) in [6, 6.07) is 0.373. The molecule has 1 fully saturated rings. The Morgan fingerprint density at radius 1 is 1.13 bits per heavy atom. The summed E-state index contributed by atoms with van der Waals surface area (Å²) in [6.07, 6.45) is -5.76. The van der Waals surface area contributed by atoms with Gasteiger partial charge in [-0.25, -0.2) is 28.7 Å². The van der Waals surface area contributed by atoms with E-state index in [1.54, 1.807) is 0 Å². The lowest BCUT2D eigenvalue weighted by molar-refractivity contribution is -0.145. The number of nitrogens with one attached hydrogen (secondary N) is 3. The molecule has 9 nitrogen and oxygen atoms in total. The van der Waals surface area contributed by atoms with Gasteiger partial charge >= 0.3 is 12.4 Å². The third-order valence-electron chi connectivity index (χ3n) is 5.63. The van der Waals surface area contributed by atoms with Crippen LogP contribution < -0.4 is 10.6 Å². The molecule has 0 radical (unpaired) electrons. The lowest BCUT2D eigenvalue weighted by atomic mass is 9.87. The molecule has 0 aromatic carbocycles. The van der Waals surface area contributed by atoms with Crippen LogP contribution in [-0.4, -0.2) is 74.2 Å². The van der Waals surface area contributed by atoms with Crippen LogP contribution in [0.3, 0.4) is 0 Å². The molecule has 212 valence electrons. The Balaban J connectivity index is 1.85. The van der Waals surface area contributed by atoms with Crippen molar-refractivity contribution in [2.24, 2.45) is 5.92 Å². The average molecular weight is 566 g/mol. The Kier molecular flexibility index (Phi) is 8.70. The molecule has 2 aromatic rings. The number of piperidine rings is 1. The van der Waals surface area contributed by atoms with Gasteiger partial charge in [-0.15, -0.1) is 0 Å². The van der Waals surface area contributed by atoms with E-state index in [0.29, 0.717) is 23.5 Å². The maximum Gasteiger partial charge on any atom is 0.419 e. The maximum absolute atomic E-state index is 14.5. The minimum Gasteiger partial charge on any atom is -0.382 e. The number of amides is 1. The lowest BCUT2D eigenvalue weighted by Crippen LogP contribution is -2.59. The molecule has 0 saturated carbocycles.